The Bertz CT molecular complexity index is 1090. The monoisotopic (exact) mass is 607 g/mol. The summed E-state index contributed by atoms with van der Waals surface area (Å²) in [6.07, 6.45) is -6.87. The van der Waals surface area contributed by atoms with Crippen LogP contribution in [-0.4, -0.2) is 98.2 Å². The van der Waals surface area contributed by atoms with Crippen molar-refractivity contribution in [3.8, 4) is 0 Å². The zero-order chi connectivity index (χ0) is 30.8. The Hall–Kier alpha value is -2.81. The van der Waals surface area contributed by atoms with Gasteiger partial charge in [0.05, 0.1) is 6.61 Å². The standard InChI is InChI=1S/C29H41N3O11/c1-4-6-13-36-24-21(34)25(27(35)38-15-18-11-9-8-10-12-18)43-29(26(24)37-14-7-5-2)42-22-19-16-39-28(41-19)20(31-32-30)23(22)40-17(3)33/h8-12,19-26,28-29,34H,4-7,13-16H2,1-3H3/t19?,20-,21-,22+,23?,24?,25?,26-,28+,29+/m0/s1. The first-order valence-electron chi connectivity index (χ1n) is 14.8. The largest absolute Gasteiger partial charge is 0.459 e. The van der Waals surface area contributed by atoms with Gasteiger partial charge in [0.2, 0.25) is 0 Å². The van der Waals surface area contributed by atoms with Gasteiger partial charge in [0.15, 0.2) is 18.7 Å². The van der Waals surface area contributed by atoms with E-state index in [2.05, 4.69) is 10.0 Å². The molecule has 0 spiro atoms. The first kappa shape index (κ1) is 33.1. The minimum absolute atomic E-state index is 0.0325. The van der Waals surface area contributed by atoms with Crippen molar-refractivity contribution < 1.29 is 52.6 Å². The van der Waals surface area contributed by atoms with Crippen LogP contribution in [0.1, 0.15) is 52.0 Å². The van der Waals surface area contributed by atoms with Crippen LogP contribution < -0.4 is 0 Å². The van der Waals surface area contributed by atoms with Gasteiger partial charge in [-0.3, -0.25) is 4.79 Å². The highest BCUT2D eigenvalue weighted by molar-refractivity contribution is 5.75. The average molecular weight is 608 g/mol. The summed E-state index contributed by atoms with van der Waals surface area (Å²) in [6, 6.07) is 8.06. The maximum Gasteiger partial charge on any atom is 0.338 e. The van der Waals surface area contributed by atoms with Crippen molar-refractivity contribution in [1.82, 2.24) is 0 Å². The van der Waals surface area contributed by atoms with Crippen LogP contribution in [0, 0.1) is 0 Å². The molecule has 1 aromatic rings. The lowest BCUT2D eigenvalue weighted by Gasteiger charge is -2.46. The van der Waals surface area contributed by atoms with Crippen molar-refractivity contribution in [2.24, 2.45) is 5.11 Å². The third-order valence-corrected chi connectivity index (χ3v) is 7.41. The highest BCUT2D eigenvalue weighted by Crippen LogP contribution is 2.37. The molecule has 0 saturated carbocycles. The average Bonchev–Trinajstić information content (AvgIpc) is 3.44. The normalized spacial score (nSPS) is 33.4. The maximum atomic E-state index is 13.3. The number of ether oxygens (including phenoxy) is 8. The van der Waals surface area contributed by atoms with Gasteiger partial charge in [0.1, 0.15) is 49.3 Å². The fourth-order valence-corrected chi connectivity index (χ4v) is 5.21. The van der Waals surface area contributed by atoms with E-state index in [4.69, 9.17) is 37.9 Å². The third-order valence-electron chi connectivity index (χ3n) is 7.41. The number of fused-ring (bicyclic) bond motifs is 2. The van der Waals surface area contributed by atoms with E-state index in [1.165, 1.54) is 6.92 Å². The molecule has 4 unspecified atom stereocenters. The Morgan fingerprint density at radius 1 is 1.02 bits per heavy atom. The number of carbonyl (C=O) groups excluding carboxylic acids is 2. The minimum atomic E-state index is -1.48. The van der Waals surface area contributed by atoms with Gasteiger partial charge in [0.25, 0.3) is 0 Å². The van der Waals surface area contributed by atoms with Gasteiger partial charge in [-0.05, 0) is 23.9 Å². The van der Waals surface area contributed by atoms with Gasteiger partial charge < -0.3 is 43.0 Å². The number of carbonyl (C=O) groups is 2. The number of rotatable bonds is 15. The predicted octanol–water partition coefficient (Wildman–Crippen LogP) is 2.94. The summed E-state index contributed by atoms with van der Waals surface area (Å²) in [5, 5.41) is 15.1. The Balaban J connectivity index is 1.62. The second-order valence-corrected chi connectivity index (χ2v) is 10.6. The van der Waals surface area contributed by atoms with Crippen molar-refractivity contribution >= 4 is 11.9 Å². The van der Waals surface area contributed by atoms with Crippen molar-refractivity contribution in [2.45, 2.75) is 114 Å². The smallest absolute Gasteiger partial charge is 0.338 e. The highest BCUT2D eigenvalue weighted by Gasteiger charge is 2.57. The molecule has 0 aliphatic carbocycles. The number of hydrogen-bond donors (Lipinski definition) is 1. The molecule has 3 heterocycles. The van der Waals surface area contributed by atoms with E-state index < -0.39 is 73.3 Å². The van der Waals surface area contributed by atoms with Crippen LogP contribution in [0.25, 0.3) is 10.4 Å². The molecule has 4 rings (SSSR count). The Kier molecular flexibility index (Phi) is 12.6. The molecular weight excluding hydrogens is 566 g/mol. The van der Waals surface area contributed by atoms with Crippen LogP contribution in [-0.2, 0) is 54.1 Å². The molecule has 14 heteroatoms. The molecule has 2 bridgehead atoms. The molecule has 3 aliphatic rings. The second-order valence-electron chi connectivity index (χ2n) is 10.6. The van der Waals surface area contributed by atoms with Crippen LogP contribution in [0.5, 0.6) is 0 Å². The summed E-state index contributed by atoms with van der Waals surface area (Å²) in [6.45, 7) is 5.87. The van der Waals surface area contributed by atoms with Crippen LogP contribution >= 0.6 is 0 Å². The van der Waals surface area contributed by atoms with E-state index in [0.717, 1.165) is 18.4 Å². The Morgan fingerprint density at radius 3 is 2.37 bits per heavy atom. The summed E-state index contributed by atoms with van der Waals surface area (Å²) in [5.41, 5.74) is 9.95. The summed E-state index contributed by atoms with van der Waals surface area (Å²) >= 11 is 0. The molecule has 43 heavy (non-hydrogen) atoms. The molecule has 3 aliphatic heterocycles. The lowest BCUT2D eigenvalue weighted by atomic mass is 9.96. The zero-order valence-corrected chi connectivity index (χ0v) is 24.7. The number of benzene rings is 1. The minimum Gasteiger partial charge on any atom is -0.459 e. The maximum absolute atomic E-state index is 13.3. The van der Waals surface area contributed by atoms with Crippen LogP contribution in [0.15, 0.2) is 35.4 Å². The summed E-state index contributed by atoms with van der Waals surface area (Å²) in [4.78, 5) is 28.3. The van der Waals surface area contributed by atoms with Gasteiger partial charge in [0, 0.05) is 25.0 Å². The third kappa shape index (κ3) is 8.43. The highest BCUT2D eigenvalue weighted by atomic mass is 16.8. The molecule has 238 valence electrons. The topological polar surface area (TPSA) is 177 Å². The zero-order valence-electron chi connectivity index (χ0n) is 24.7. The number of aliphatic hydroxyl groups is 1. The summed E-state index contributed by atoms with van der Waals surface area (Å²) in [5.74, 6) is -1.44. The van der Waals surface area contributed by atoms with Crippen LogP contribution in [0.4, 0.5) is 0 Å². The van der Waals surface area contributed by atoms with Gasteiger partial charge in [-0.25, -0.2) is 4.79 Å². The Morgan fingerprint density at radius 2 is 1.72 bits per heavy atom. The summed E-state index contributed by atoms with van der Waals surface area (Å²) in [7, 11) is 0. The molecule has 1 aromatic carbocycles. The van der Waals surface area contributed by atoms with Crippen LogP contribution in [0.2, 0.25) is 0 Å². The predicted molar refractivity (Wildman–Crippen MR) is 148 cm³/mol. The van der Waals surface area contributed by atoms with Crippen molar-refractivity contribution in [2.75, 3.05) is 19.8 Å². The first-order chi connectivity index (χ1) is 20.9. The first-order valence-corrected chi connectivity index (χ1v) is 14.8. The molecule has 3 fully saturated rings. The van der Waals surface area contributed by atoms with Gasteiger partial charge in [-0.2, -0.15) is 0 Å². The quantitative estimate of drug-likeness (QED) is 0.102. The van der Waals surface area contributed by atoms with Crippen molar-refractivity contribution in [3.63, 3.8) is 0 Å². The molecule has 10 atom stereocenters. The summed E-state index contributed by atoms with van der Waals surface area (Å²) < 4.78 is 47.4. The van der Waals surface area contributed by atoms with E-state index in [-0.39, 0.29) is 13.2 Å². The number of azide groups is 1. The van der Waals surface area contributed by atoms with E-state index in [9.17, 15) is 20.2 Å². The number of hydrogen-bond acceptors (Lipinski definition) is 12. The number of esters is 2. The number of aliphatic hydroxyl groups excluding tert-OH is 1. The SMILES string of the molecule is CCCCOC1[C@H](O)C(C(=O)OCc2ccccc2)O[C@@H](O[C@@H]2C3CO[C@H](O3)[C@@H](N=[N+]=[N-])C2OC(C)=O)[C@H]1OCCCC. The molecular formula is C29H41N3O11. The van der Waals surface area contributed by atoms with Gasteiger partial charge in [-0.1, -0.05) is 62.1 Å². The fourth-order valence-electron chi connectivity index (χ4n) is 5.21. The lowest BCUT2D eigenvalue weighted by molar-refractivity contribution is -0.336. The van der Waals surface area contributed by atoms with Crippen LogP contribution in [0.3, 0.4) is 0 Å². The lowest BCUT2D eigenvalue weighted by Crippen LogP contribution is -2.65. The molecule has 3 saturated heterocycles. The van der Waals surface area contributed by atoms with Gasteiger partial charge in [-0.15, -0.1) is 0 Å². The molecule has 1 N–H and O–H groups in total. The number of unbranched alkanes of at least 4 members (excludes halogenated alkanes) is 2. The molecule has 0 radical (unpaired) electrons. The molecule has 14 nitrogen and oxygen atoms in total. The fraction of sp³-hybridized carbons (Fsp3) is 0.724. The number of nitrogens with zero attached hydrogens (tertiary/aromatic N) is 3. The van der Waals surface area contributed by atoms with E-state index in [1.807, 2.05) is 32.0 Å². The van der Waals surface area contributed by atoms with Gasteiger partial charge >= 0.3 is 11.9 Å². The Labute approximate surface area is 250 Å². The molecule has 0 amide bonds. The van der Waals surface area contributed by atoms with E-state index in [0.29, 0.717) is 26.1 Å². The second kappa shape index (κ2) is 16.3. The van der Waals surface area contributed by atoms with Crippen molar-refractivity contribution in [3.05, 3.63) is 46.3 Å². The molecule has 0 aromatic heterocycles. The van der Waals surface area contributed by atoms with E-state index >= 15 is 0 Å². The van der Waals surface area contributed by atoms with Crippen molar-refractivity contribution in [1.29, 1.82) is 0 Å². The van der Waals surface area contributed by atoms with E-state index in [1.54, 1.807) is 12.1 Å².